The second kappa shape index (κ2) is 4.85. The van der Waals surface area contributed by atoms with Gasteiger partial charge in [-0.05, 0) is 30.5 Å². The highest BCUT2D eigenvalue weighted by Crippen LogP contribution is 2.21. The molecular weight excluding hydrogens is 240 g/mol. The van der Waals surface area contributed by atoms with Gasteiger partial charge in [0.25, 0.3) is 5.91 Å². The van der Waals surface area contributed by atoms with E-state index in [2.05, 4.69) is 16.5 Å². The maximum atomic E-state index is 11.1. The van der Waals surface area contributed by atoms with Crippen LogP contribution in [0.15, 0.2) is 36.5 Å². The van der Waals surface area contributed by atoms with Gasteiger partial charge in [0, 0.05) is 18.8 Å². The molecule has 0 saturated heterocycles. The van der Waals surface area contributed by atoms with Crippen LogP contribution in [0.3, 0.4) is 0 Å². The first kappa shape index (κ1) is 11.9. The zero-order chi connectivity index (χ0) is 13.2. The lowest BCUT2D eigenvalue weighted by molar-refractivity contribution is 0.0995. The summed E-state index contributed by atoms with van der Waals surface area (Å²) in [7, 11) is 0. The topological polar surface area (TPSA) is 72.9 Å². The average Bonchev–Trinajstić information content (AvgIpc) is 3.11. The van der Waals surface area contributed by atoms with Crippen molar-refractivity contribution in [3.05, 3.63) is 47.8 Å². The fourth-order valence-electron chi connectivity index (χ4n) is 2.02. The van der Waals surface area contributed by atoms with Crippen LogP contribution >= 0.6 is 0 Å². The lowest BCUT2D eigenvalue weighted by atomic mass is 10.2. The summed E-state index contributed by atoms with van der Waals surface area (Å²) in [4.78, 5) is 11.1. The predicted molar refractivity (Wildman–Crippen MR) is 71.9 cm³/mol. The molecule has 98 valence electrons. The van der Waals surface area contributed by atoms with Gasteiger partial charge in [-0.25, -0.2) is 4.68 Å². The molecule has 1 aromatic heterocycles. The van der Waals surface area contributed by atoms with Crippen LogP contribution in [0, 0.1) is 0 Å². The lowest BCUT2D eigenvalue weighted by Gasteiger charge is -2.10. The minimum atomic E-state index is -0.507. The Morgan fingerprint density at radius 3 is 2.84 bits per heavy atom. The highest BCUT2D eigenvalue weighted by Gasteiger charge is 2.20. The van der Waals surface area contributed by atoms with E-state index in [0.29, 0.717) is 6.04 Å². The molecule has 0 spiro atoms. The number of amides is 1. The fraction of sp³-hybridized carbons (Fsp3) is 0.286. The molecule has 3 N–H and O–H groups in total. The summed E-state index contributed by atoms with van der Waals surface area (Å²) in [5, 5.41) is 7.68. The van der Waals surface area contributed by atoms with Gasteiger partial charge in [-0.2, -0.15) is 5.10 Å². The molecule has 19 heavy (non-hydrogen) atoms. The minimum Gasteiger partial charge on any atom is -0.364 e. The van der Waals surface area contributed by atoms with E-state index in [0.717, 1.165) is 17.8 Å². The van der Waals surface area contributed by atoms with Crippen molar-refractivity contribution in [2.45, 2.75) is 25.4 Å². The van der Waals surface area contributed by atoms with Gasteiger partial charge in [0.2, 0.25) is 0 Å². The first-order valence-electron chi connectivity index (χ1n) is 6.41. The van der Waals surface area contributed by atoms with Crippen molar-refractivity contribution >= 4 is 5.91 Å². The number of nitrogens with zero attached hydrogens (tertiary/aromatic N) is 2. The number of carbonyl (C=O) groups is 1. The molecule has 0 unspecified atom stereocenters. The Hall–Kier alpha value is -2.14. The summed E-state index contributed by atoms with van der Waals surface area (Å²) in [6.07, 6.45) is 4.28. The molecule has 0 aliphatic heterocycles. The van der Waals surface area contributed by atoms with E-state index >= 15 is 0 Å². The quantitative estimate of drug-likeness (QED) is 0.845. The van der Waals surface area contributed by atoms with Gasteiger partial charge in [0.15, 0.2) is 0 Å². The lowest BCUT2D eigenvalue weighted by Crippen LogP contribution is -2.17. The molecule has 1 aromatic carbocycles. The monoisotopic (exact) mass is 256 g/mol. The normalized spacial score (nSPS) is 14.5. The van der Waals surface area contributed by atoms with Gasteiger partial charge in [-0.15, -0.1) is 0 Å². The molecule has 0 radical (unpaired) electrons. The first-order chi connectivity index (χ1) is 9.24. The van der Waals surface area contributed by atoms with Crippen molar-refractivity contribution in [2.75, 3.05) is 0 Å². The predicted octanol–water partition coefficient (Wildman–Crippen LogP) is 1.22. The van der Waals surface area contributed by atoms with Crippen LogP contribution in [0.2, 0.25) is 0 Å². The van der Waals surface area contributed by atoms with Crippen molar-refractivity contribution in [1.82, 2.24) is 15.1 Å². The average molecular weight is 256 g/mol. The Bertz CT molecular complexity index is 601. The number of nitrogens with one attached hydrogen (secondary N) is 1. The van der Waals surface area contributed by atoms with E-state index in [1.807, 2.05) is 18.2 Å². The summed E-state index contributed by atoms with van der Waals surface area (Å²) in [6, 6.07) is 10.3. The molecule has 5 heteroatoms. The number of rotatable bonds is 5. The van der Waals surface area contributed by atoms with Crippen molar-refractivity contribution in [1.29, 1.82) is 0 Å². The molecule has 1 heterocycles. The van der Waals surface area contributed by atoms with Gasteiger partial charge >= 0.3 is 0 Å². The van der Waals surface area contributed by atoms with E-state index in [-0.39, 0.29) is 5.69 Å². The van der Waals surface area contributed by atoms with Gasteiger partial charge in [-0.3, -0.25) is 4.79 Å². The van der Waals surface area contributed by atoms with Crippen molar-refractivity contribution in [3.63, 3.8) is 0 Å². The highest BCUT2D eigenvalue weighted by molar-refractivity contribution is 5.90. The number of nitrogens with two attached hydrogens (primary N) is 1. The second-order valence-electron chi connectivity index (χ2n) is 4.79. The third-order valence-electron chi connectivity index (χ3n) is 3.24. The summed E-state index contributed by atoms with van der Waals surface area (Å²) in [6.45, 7) is 0.812. The number of benzene rings is 1. The van der Waals surface area contributed by atoms with E-state index < -0.39 is 5.91 Å². The Kier molecular flexibility index (Phi) is 3.05. The van der Waals surface area contributed by atoms with Crippen molar-refractivity contribution in [3.8, 4) is 5.69 Å². The third-order valence-corrected chi connectivity index (χ3v) is 3.24. The van der Waals surface area contributed by atoms with Crippen LogP contribution in [0.5, 0.6) is 0 Å². The highest BCUT2D eigenvalue weighted by atomic mass is 16.1. The molecule has 2 aromatic rings. The number of carbonyl (C=O) groups excluding carboxylic acids is 1. The zero-order valence-electron chi connectivity index (χ0n) is 10.5. The maximum Gasteiger partial charge on any atom is 0.269 e. The molecule has 1 aliphatic carbocycles. The number of primary amides is 1. The molecule has 0 atom stereocenters. The van der Waals surface area contributed by atoms with E-state index in [9.17, 15) is 4.79 Å². The summed E-state index contributed by atoms with van der Waals surface area (Å²) < 4.78 is 1.70. The van der Waals surface area contributed by atoms with Crippen LogP contribution in [0.25, 0.3) is 5.69 Å². The van der Waals surface area contributed by atoms with Gasteiger partial charge in [0.05, 0.1) is 5.69 Å². The van der Waals surface area contributed by atoms with E-state index in [1.54, 1.807) is 16.9 Å². The summed E-state index contributed by atoms with van der Waals surface area (Å²) >= 11 is 0. The smallest absolute Gasteiger partial charge is 0.269 e. The largest absolute Gasteiger partial charge is 0.364 e. The molecule has 1 amide bonds. The molecule has 5 nitrogen and oxygen atoms in total. The SMILES string of the molecule is NC(=O)c1ccn(-c2ccccc2CNC2CC2)n1. The molecule has 3 rings (SSSR count). The van der Waals surface area contributed by atoms with Crippen LogP contribution in [-0.4, -0.2) is 21.7 Å². The van der Waals surface area contributed by atoms with Crippen molar-refractivity contribution < 1.29 is 4.79 Å². The first-order valence-corrected chi connectivity index (χ1v) is 6.41. The van der Waals surface area contributed by atoms with Gasteiger partial charge in [0.1, 0.15) is 5.69 Å². The van der Waals surface area contributed by atoms with Crippen LogP contribution in [-0.2, 0) is 6.54 Å². The summed E-state index contributed by atoms with van der Waals surface area (Å²) in [5.74, 6) is -0.507. The third kappa shape index (κ3) is 2.66. The van der Waals surface area contributed by atoms with Crippen LogP contribution < -0.4 is 11.1 Å². The number of aromatic nitrogens is 2. The fourth-order valence-corrected chi connectivity index (χ4v) is 2.02. The van der Waals surface area contributed by atoms with Crippen LogP contribution in [0.1, 0.15) is 28.9 Å². The minimum absolute atomic E-state index is 0.282. The Morgan fingerprint density at radius 2 is 2.16 bits per heavy atom. The van der Waals surface area contributed by atoms with E-state index in [4.69, 9.17) is 5.73 Å². The Balaban J connectivity index is 1.86. The number of hydrogen-bond acceptors (Lipinski definition) is 3. The zero-order valence-corrected chi connectivity index (χ0v) is 10.5. The maximum absolute atomic E-state index is 11.1. The summed E-state index contributed by atoms with van der Waals surface area (Å²) in [5.41, 5.74) is 7.64. The Morgan fingerprint density at radius 1 is 1.37 bits per heavy atom. The molecule has 1 saturated carbocycles. The van der Waals surface area contributed by atoms with Crippen molar-refractivity contribution in [2.24, 2.45) is 5.73 Å². The second-order valence-corrected chi connectivity index (χ2v) is 4.79. The Labute approximate surface area is 111 Å². The standard InChI is InChI=1S/C14H16N4O/c15-14(19)12-7-8-18(17-12)13-4-2-1-3-10(13)9-16-11-5-6-11/h1-4,7-8,11,16H,5-6,9H2,(H2,15,19). The molecular formula is C14H16N4O. The molecule has 1 aliphatic rings. The molecule has 0 bridgehead atoms. The van der Waals surface area contributed by atoms with Gasteiger partial charge < -0.3 is 11.1 Å². The number of para-hydroxylation sites is 1. The number of hydrogen-bond donors (Lipinski definition) is 2. The van der Waals surface area contributed by atoms with Gasteiger partial charge in [-0.1, -0.05) is 18.2 Å². The van der Waals surface area contributed by atoms with Crippen LogP contribution in [0.4, 0.5) is 0 Å². The van der Waals surface area contributed by atoms with E-state index in [1.165, 1.54) is 12.8 Å². The molecule has 1 fully saturated rings.